The average Bonchev–Trinajstić information content (AvgIpc) is 3.92. The lowest BCUT2D eigenvalue weighted by atomic mass is 9.70. The fraction of sp³-hybridized carbons (Fsp3) is 0.0625. The molecule has 11 aromatic rings. The van der Waals surface area contributed by atoms with Crippen LogP contribution in [0.5, 0.6) is 0 Å². The third-order valence-electron chi connectivity index (χ3n) is 15.3. The van der Waals surface area contributed by atoms with Crippen LogP contribution >= 0.6 is 0 Å². The molecule has 0 saturated heterocycles. The summed E-state index contributed by atoms with van der Waals surface area (Å²) < 4.78 is 0. The van der Waals surface area contributed by atoms with E-state index in [-0.39, 0.29) is 5.41 Å². The molecule has 1 spiro atoms. The molecular weight excluding hydrogens is 783 g/mol. The first-order valence-electron chi connectivity index (χ1n) is 22.9. The van der Waals surface area contributed by atoms with Crippen LogP contribution in [0, 0.1) is 0 Å². The van der Waals surface area contributed by atoms with Gasteiger partial charge in [-0.05, 0) is 147 Å². The van der Waals surface area contributed by atoms with Gasteiger partial charge in [0.15, 0.2) is 0 Å². The predicted molar refractivity (Wildman–Crippen MR) is 273 cm³/mol. The Kier molecular flexibility index (Phi) is 7.45. The Labute approximate surface area is 379 Å². The molecule has 11 aromatic carbocycles. The van der Waals surface area contributed by atoms with Crippen molar-refractivity contribution < 1.29 is 0 Å². The molecule has 3 aliphatic carbocycles. The normalized spacial score (nSPS) is 14.2. The lowest BCUT2D eigenvalue weighted by molar-refractivity contribution is 0.660. The summed E-state index contributed by atoms with van der Waals surface area (Å²) in [5, 5.41) is 7.74. The summed E-state index contributed by atoms with van der Waals surface area (Å²) in [4.78, 5) is 2.50. The minimum Gasteiger partial charge on any atom is -0.310 e. The summed E-state index contributed by atoms with van der Waals surface area (Å²) in [5.41, 5.74) is 21.3. The van der Waals surface area contributed by atoms with Crippen molar-refractivity contribution in [2.45, 2.75) is 24.7 Å². The van der Waals surface area contributed by atoms with Gasteiger partial charge in [0.05, 0.1) is 5.41 Å². The van der Waals surface area contributed by atoms with Gasteiger partial charge in [0.25, 0.3) is 0 Å². The first kappa shape index (κ1) is 36.5. The SMILES string of the molecule is CC1(C)c2ccccc2-c2ccc(N(c3ccc(-c4cccc5c6ccccc6c6ccccc6c45)cc3)c3ccc4c(c3)C3(c5ccccc5-c5ccccc53)c3ccccc3-4)cc21. The molecule has 0 N–H and O–H groups in total. The zero-order chi connectivity index (χ0) is 43.0. The summed E-state index contributed by atoms with van der Waals surface area (Å²) in [5.74, 6) is 0. The Morgan fingerprint density at radius 3 is 1.20 bits per heavy atom. The largest absolute Gasteiger partial charge is 0.310 e. The number of nitrogens with zero attached hydrogens (tertiary/aromatic N) is 1. The maximum Gasteiger partial charge on any atom is 0.0726 e. The van der Waals surface area contributed by atoms with Crippen LogP contribution in [0.2, 0.25) is 0 Å². The Bertz CT molecular complexity index is 3700. The van der Waals surface area contributed by atoms with E-state index >= 15 is 0 Å². The average molecular weight is 826 g/mol. The monoisotopic (exact) mass is 825 g/mol. The fourth-order valence-electron chi connectivity index (χ4n) is 12.5. The molecule has 0 amide bonds. The first-order chi connectivity index (χ1) is 32.0. The Balaban J connectivity index is 0.991. The van der Waals surface area contributed by atoms with Crippen LogP contribution in [0.15, 0.2) is 224 Å². The highest BCUT2D eigenvalue weighted by atomic mass is 15.1. The number of hydrogen-bond acceptors (Lipinski definition) is 1. The van der Waals surface area contributed by atoms with E-state index in [1.165, 1.54) is 110 Å². The van der Waals surface area contributed by atoms with Gasteiger partial charge in [0, 0.05) is 22.5 Å². The zero-order valence-corrected chi connectivity index (χ0v) is 36.3. The highest BCUT2D eigenvalue weighted by Crippen LogP contribution is 2.63. The Hall–Kier alpha value is -8.00. The molecular formula is C64H43N. The van der Waals surface area contributed by atoms with Gasteiger partial charge in [-0.15, -0.1) is 0 Å². The van der Waals surface area contributed by atoms with Crippen LogP contribution in [0.3, 0.4) is 0 Å². The third-order valence-corrected chi connectivity index (χ3v) is 15.3. The van der Waals surface area contributed by atoms with E-state index < -0.39 is 5.41 Å². The smallest absolute Gasteiger partial charge is 0.0726 e. The second-order valence-electron chi connectivity index (χ2n) is 18.7. The molecule has 0 saturated carbocycles. The summed E-state index contributed by atoms with van der Waals surface area (Å²) in [6.45, 7) is 4.76. The van der Waals surface area contributed by atoms with E-state index in [4.69, 9.17) is 0 Å². The highest BCUT2D eigenvalue weighted by Gasteiger charge is 2.51. The molecule has 0 unspecified atom stereocenters. The number of rotatable bonds is 4. The van der Waals surface area contributed by atoms with Crippen molar-refractivity contribution in [1.29, 1.82) is 0 Å². The quantitative estimate of drug-likeness (QED) is 0.160. The predicted octanol–water partition coefficient (Wildman–Crippen LogP) is 16.9. The van der Waals surface area contributed by atoms with Gasteiger partial charge in [0.1, 0.15) is 0 Å². The van der Waals surface area contributed by atoms with Crippen LogP contribution in [0.1, 0.15) is 47.2 Å². The molecule has 0 aromatic heterocycles. The van der Waals surface area contributed by atoms with Gasteiger partial charge in [-0.2, -0.15) is 0 Å². The molecule has 1 heteroatoms. The van der Waals surface area contributed by atoms with E-state index in [2.05, 4.69) is 243 Å². The van der Waals surface area contributed by atoms with Crippen molar-refractivity contribution in [3.8, 4) is 44.5 Å². The molecule has 304 valence electrons. The van der Waals surface area contributed by atoms with Crippen LogP contribution in [0.4, 0.5) is 17.1 Å². The van der Waals surface area contributed by atoms with Crippen molar-refractivity contribution in [2.24, 2.45) is 0 Å². The molecule has 14 rings (SSSR count). The van der Waals surface area contributed by atoms with Crippen molar-refractivity contribution >= 4 is 49.4 Å². The number of anilines is 3. The van der Waals surface area contributed by atoms with Crippen LogP contribution in [0.25, 0.3) is 76.8 Å². The van der Waals surface area contributed by atoms with Gasteiger partial charge in [-0.1, -0.05) is 202 Å². The summed E-state index contributed by atoms with van der Waals surface area (Å²) in [6.07, 6.45) is 0. The van der Waals surface area contributed by atoms with E-state index in [1.807, 2.05) is 0 Å². The van der Waals surface area contributed by atoms with Crippen LogP contribution < -0.4 is 4.90 Å². The maximum atomic E-state index is 2.51. The Morgan fingerprint density at radius 2 is 0.646 bits per heavy atom. The van der Waals surface area contributed by atoms with Crippen LogP contribution in [-0.2, 0) is 10.8 Å². The van der Waals surface area contributed by atoms with E-state index in [1.54, 1.807) is 0 Å². The molecule has 0 atom stereocenters. The van der Waals surface area contributed by atoms with Gasteiger partial charge < -0.3 is 4.90 Å². The van der Waals surface area contributed by atoms with E-state index in [9.17, 15) is 0 Å². The number of benzene rings is 11. The van der Waals surface area contributed by atoms with Gasteiger partial charge in [0.2, 0.25) is 0 Å². The van der Waals surface area contributed by atoms with Crippen molar-refractivity contribution in [3.63, 3.8) is 0 Å². The number of fused-ring (bicyclic) bond motifs is 19. The number of hydrogen-bond donors (Lipinski definition) is 0. The standard InChI is InChI=1S/C64H43N/c1-63(2)56-26-11-7-19-48(56)52-36-34-42(38-60(52)63)65(41-32-30-40(31-33-41)44-24-15-25-55-47-17-4-3-16-45(47)46-18-5-6-23-54(46)62(44)55)43-35-37-53-51-22-10-14-29-59(51)64(61(53)39-43)57-27-12-8-20-49(57)50-21-9-13-28-58(50)64/h3-39H,1-2H3. The first-order valence-corrected chi connectivity index (χ1v) is 22.9. The Morgan fingerprint density at radius 1 is 0.277 bits per heavy atom. The lowest BCUT2D eigenvalue weighted by Gasteiger charge is -2.32. The molecule has 65 heavy (non-hydrogen) atoms. The molecule has 0 heterocycles. The fourth-order valence-corrected chi connectivity index (χ4v) is 12.5. The van der Waals surface area contributed by atoms with Gasteiger partial charge in [-0.25, -0.2) is 0 Å². The minimum absolute atomic E-state index is 0.139. The summed E-state index contributed by atoms with van der Waals surface area (Å²) >= 11 is 0. The topological polar surface area (TPSA) is 3.24 Å². The minimum atomic E-state index is -0.437. The lowest BCUT2D eigenvalue weighted by Crippen LogP contribution is -2.26. The molecule has 0 fully saturated rings. The van der Waals surface area contributed by atoms with Crippen molar-refractivity contribution in [2.75, 3.05) is 4.90 Å². The second-order valence-corrected chi connectivity index (χ2v) is 18.7. The highest BCUT2D eigenvalue weighted by molar-refractivity contribution is 6.28. The maximum absolute atomic E-state index is 2.51. The summed E-state index contributed by atoms with van der Waals surface area (Å²) in [6, 6.07) is 84.5. The van der Waals surface area contributed by atoms with Crippen LogP contribution in [-0.4, -0.2) is 0 Å². The van der Waals surface area contributed by atoms with E-state index in [0.717, 1.165) is 17.1 Å². The van der Waals surface area contributed by atoms with Crippen molar-refractivity contribution in [3.05, 3.63) is 258 Å². The molecule has 1 nitrogen and oxygen atoms in total. The van der Waals surface area contributed by atoms with Gasteiger partial charge >= 0.3 is 0 Å². The van der Waals surface area contributed by atoms with Crippen molar-refractivity contribution in [1.82, 2.24) is 0 Å². The molecule has 3 aliphatic rings. The van der Waals surface area contributed by atoms with E-state index in [0.29, 0.717) is 0 Å². The second kappa shape index (κ2) is 13.3. The zero-order valence-electron chi connectivity index (χ0n) is 36.3. The molecule has 0 aliphatic heterocycles. The van der Waals surface area contributed by atoms with Gasteiger partial charge in [-0.3, -0.25) is 0 Å². The molecule has 0 radical (unpaired) electrons. The third kappa shape index (κ3) is 4.82. The molecule has 0 bridgehead atoms. The summed E-state index contributed by atoms with van der Waals surface area (Å²) in [7, 11) is 0.